The second-order valence-corrected chi connectivity index (χ2v) is 9.86. The van der Waals surface area contributed by atoms with Crippen molar-refractivity contribution in [2.75, 3.05) is 6.54 Å². The molecule has 2 aliphatic heterocycles. The van der Waals surface area contributed by atoms with Crippen LogP contribution < -0.4 is 5.32 Å². The number of aromatic nitrogens is 1. The van der Waals surface area contributed by atoms with Crippen LogP contribution >= 0.6 is 0 Å². The largest absolute Gasteiger partial charge is 0.494 e. The molecule has 8 heteroatoms. The molecular formula is C29H24FN3O4. The van der Waals surface area contributed by atoms with Crippen LogP contribution in [0.1, 0.15) is 53.2 Å². The molecule has 37 heavy (non-hydrogen) atoms. The van der Waals surface area contributed by atoms with Crippen LogP contribution in [0.5, 0.6) is 11.8 Å². The normalized spacial score (nSPS) is 21.6. The second-order valence-electron chi connectivity index (χ2n) is 9.86. The Morgan fingerprint density at radius 3 is 2.49 bits per heavy atom. The Morgan fingerprint density at radius 2 is 1.76 bits per heavy atom. The summed E-state index contributed by atoms with van der Waals surface area (Å²) in [7, 11) is 0. The molecule has 2 aliphatic rings. The first kappa shape index (κ1) is 23.1. The predicted octanol–water partition coefficient (Wildman–Crippen LogP) is 5.11. The third-order valence-corrected chi connectivity index (χ3v) is 7.72. The van der Waals surface area contributed by atoms with E-state index in [2.05, 4.69) is 11.4 Å². The number of hydrogen-bond donors (Lipinski definition) is 3. The Labute approximate surface area is 212 Å². The lowest BCUT2D eigenvalue weighted by molar-refractivity contribution is -0.0826. The summed E-state index contributed by atoms with van der Waals surface area (Å²) in [5.74, 6) is -0.955. The van der Waals surface area contributed by atoms with Gasteiger partial charge in [0.05, 0.1) is 34.0 Å². The lowest BCUT2D eigenvalue weighted by atomic mass is 9.78. The van der Waals surface area contributed by atoms with Crippen LogP contribution in [0.3, 0.4) is 0 Å². The molecule has 1 amide bonds. The summed E-state index contributed by atoms with van der Waals surface area (Å²) in [4.78, 5) is 12.5. The van der Waals surface area contributed by atoms with E-state index in [-0.39, 0.29) is 24.2 Å². The Hall–Kier alpha value is -4.35. The van der Waals surface area contributed by atoms with Crippen LogP contribution in [0.2, 0.25) is 0 Å². The summed E-state index contributed by atoms with van der Waals surface area (Å²) < 4.78 is 21.1. The number of halogens is 1. The van der Waals surface area contributed by atoms with Crippen LogP contribution in [0, 0.1) is 17.1 Å². The zero-order chi connectivity index (χ0) is 25.9. The molecule has 1 aromatic heterocycles. The molecule has 3 N–H and O–H groups in total. The predicted molar refractivity (Wildman–Crippen MR) is 134 cm³/mol. The van der Waals surface area contributed by atoms with E-state index in [0.29, 0.717) is 47.2 Å². The number of carbonyl (C=O) groups excluding carboxylic acids is 1. The molecule has 186 valence electrons. The highest BCUT2D eigenvalue weighted by Gasteiger charge is 2.61. The monoisotopic (exact) mass is 497 g/mol. The molecule has 1 fully saturated rings. The topological polar surface area (TPSA) is 108 Å². The number of benzene rings is 3. The van der Waals surface area contributed by atoms with E-state index < -0.39 is 17.0 Å². The van der Waals surface area contributed by atoms with Crippen molar-refractivity contribution >= 4 is 16.7 Å². The molecule has 2 atom stereocenters. The zero-order valence-electron chi connectivity index (χ0n) is 20.1. The third-order valence-electron chi connectivity index (χ3n) is 7.72. The minimum atomic E-state index is -0.880. The summed E-state index contributed by atoms with van der Waals surface area (Å²) in [6.45, 7) is 2.16. The number of rotatable bonds is 5. The van der Waals surface area contributed by atoms with Gasteiger partial charge in [-0.25, -0.2) is 4.39 Å². The third kappa shape index (κ3) is 3.31. The first-order valence-corrected chi connectivity index (χ1v) is 12.1. The van der Waals surface area contributed by atoms with E-state index in [1.54, 1.807) is 12.1 Å². The fourth-order valence-electron chi connectivity index (χ4n) is 5.99. The van der Waals surface area contributed by atoms with E-state index >= 15 is 0 Å². The van der Waals surface area contributed by atoms with Crippen molar-refractivity contribution in [3.63, 3.8) is 0 Å². The summed E-state index contributed by atoms with van der Waals surface area (Å²) in [5, 5.41) is 36.8. The van der Waals surface area contributed by atoms with Crippen molar-refractivity contribution < 1.29 is 24.1 Å². The molecule has 0 saturated carbocycles. The van der Waals surface area contributed by atoms with Crippen LogP contribution in [0.15, 0.2) is 60.7 Å². The molecule has 6 rings (SSSR count). The average Bonchev–Trinajstić information content (AvgIpc) is 3.48. The number of aromatic hydroxyl groups is 2. The fraction of sp³-hybridized carbons (Fsp3) is 0.241. The fourth-order valence-corrected chi connectivity index (χ4v) is 5.99. The van der Waals surface area contributed by atoms with E-state index in [1.807, 2.05) is 31.2 Å². The highest BCUT2D eigenvalue weighted by molar-refractivity contribution is 5.95. The molecule has 0 radical (unpaired) electrons. The SMILES string of the molecule is C[C@]12CC[C@](CCNC(=O)c3ccc(F)cc3)(O1)c1c2c(O)n(-c2ccc(C#N)c3ccccc23)c1O. The van der Waals surface area contributed by atoms with Crippen molar-refractivity contribution in [3.8, 4) is 23.5 Å². The summed E-state index contributed by atoms with van der Waals surface area (Å²) in [6, 6.07) is 18.3. The summed E-state index contributed by atoms with van der Waals surface area (Å²) in [5.41, 5.74) is 0.824. The average molecular weight is 498 g/mol. The van der Waals surface area contributed by atoms with E-state index in [4.69, 9.17) is 4.74 Å². The first-order chi connectivity index (χ1) is 17.8. The van der Waals surface area contributed by atoms with Crippen LogP contribution in [0.4, 0.5) is 4.39 Å². The van der Waals surface area contributed by atoms with Gasteiger partial charge in [0.1, 0.15) is 11.4 Å². The quantitative estimate of drug-likeness (QED) is 0.355. The number of nitrogens with one attached hydrogen (secondary N) is 1. The lowest BCUT2D eigenvalue weighted by Crippen LogP contribution is -2.32. The van der Waals surface area contributed by atoms with Crippen molar-refractivity contribution in [2.45, 2.75) is 37.4 Å². The number of nitrogens with zero attached hydrogens (tertiary/aromatic N) is 2. The number of carbonyl (C=O) groups is 1. The molecule has 4 aromatic rings. The molecule has 0 spiro atoms. The maximum Gasteiger partial charge on any atom is 0.251 e. The van der Waals surface area contributed by atoms with Gasteiger partial charge >= 0.3 is 0 Å². The van der Waals surface area contributed by atoms with Gasteiger partial charge in [-0.15, -0.1) is 0 Å². The Balaban J connectivity index is 1.37. The van der Waals surface area contributed by atoms with Gasteiger partial charge in [-0.2, -0.15) is 5.26 Å². The van der Waals surface area contributed by atoms with Gasteiger partial charge in [-0.3, -0.25) is 9.36 Å². The van der Waals surface area contributed by atoms with Crippen LogP contribution in [-0.2, 0) is 15.9 Å². The molecular weight excluding hydrogens is 473 g/mol. The van der Waals surface area contributed by atoms with Crippen molar-refractivity contribution in [3.05, 3.63) is 88.7 Å². The Bertz CT molecular complexity index is 1620. The summed E-state index contributed by atoms with van der Waals surface area (Å²) in [6.07, 6.45) is 1.65. The highest BCUT2D eigenvalue weighted by atomic mass is 19.1. The lowest BCUT2D eigenvalue weighted by Gasteiger charge is -2.26. The van der Waals surface area contributed by atoms with E-state index in [0.717, 1.165) is 10.8 Å². The standard InChI is InChI=1S/C29H24FN3O4/c1-28-12-13-29(37-28,14-15-32-25(34)17-6-9-19(30)10-7-17)24-23(28)26(35)33(27(24)36)22-11-8-18(16-31)20-4-2-3-5-21(20)22/h2-11,35-36H,12-15H2,1H3,(H,32,34)/t28-,29-/m1/s1. The minimum absolute atomic E-state index is 0.0956. The maximum absolute atomic E-state index is 13.2. The highest BCUT2D eigenvalue weighted by Crippen LogP contribution is 2.65. The van der Waals surface area contributed by atoms with Gasteiger partial charge < -0.3 is 20.3 Å². The second kappa shape index (κ2) is 8.08. The molecule has 7 nitrogen and oxygen atoms in total. The molecule has 0 aliphatic carbocycles. The van der Waals surface area contributed by atoms with E-state index in [1.165, 1.54) is 28.8 Å². The van der Waals surface area contributed by atoms with Gasteiger partial charge in [-0.1, -0.05) is 24.3 Å². The van der Waals surface area contributed by atoms with Crippen molar-refractivity contribution in [1.29, 1.82) is 5.26 Å². The maximum atomic E-state index is 13.2. The molecule has 3 heterocycles. The van der Waals surface area contributed by atoms with Gasteiger partial charge in [0.2, 0.25) is 11.8 Å². The van der Waals surface area contributed by atoms with Gasteiger partial charge in [0.25, 0.3) is 5.91 Å². The smallest absolute Gasteiger partial charge is 0.251 e. The van der Waals surface area contributed by atoms with Crippen molar-refractivity contribution in [2.24, 2.45) is 0 Å². The molecule has 0 unspecified atom stereocenters. The number of hydrogen-bond acceptors (Lipinski definition) is 5. The number of amides is 1. The van der Waals surface area contributed by atoms with Crippen LogP contribution in [-0.4, -0.2) is 27.2 Å². The van der Waals surface area contributed by atoms with Crippen LogP contribution in [0.25, 0.3) is 16.5 Å². The number of nitriles is 1. The molecule has 1 saturated heterocycles. The Kier molecular flexibility index (Phi) is 5.04. The van der Waals surface area contributed by atoms with Gasteiger partial charge in [0.15, 0.2) is 0 Å². The molecule has 3 aromatic carbocycles. The number of fused-ring (bicyclic) bond motifs is 6. The van der Waals surface area contributed by atoms with E-state index in [9.17, 15) is 24.7 Å². The minimum Gasteiger partial charge on any atom is -0.494 e. The first-order valence-electron chi connectivity index (χ1n) is 12.1. The Morgan fingerprint density at radius 1 is 1.05 bits per heavy atom. The van der Waals surface area contributed by atoms with Crippen molar-refractivity contribution in [1.82, 2.24) is 9.88 Å². The zero-order valence-corrected chi connectivity index (χ0v) is 20.1. The van der Waals surface area contributed by atoms with Gasteiger partial charge in [0, 0.05) is 22.9 Å². The summed E-state index contributed by atoms with van der Waals surface area (Å²) >= 11 is 0. The number of ether oxygens (including phenoxy) is 1. The molecule has 2 bridgehead atoms. The van der Waals surface area contributed by atoms with Gasteiger partial charge in [-0.05, 0) is 62.6 Å².